The minimum atomic E-state index is -0.327. The van der Waals surface area contributed by atoms with Crippen LogP contribution < -0.4 is 10.6 Å². The van der Waals surface area contributed by atoms with Crippen LogP contribution in [0.2, 0.25) is 0 Å². The maximum Gasteiger partial charge on any atom is 0.230 e. The molecule has 1 aliphatic heterocycles. The topological polar surface area (TPSA) is 76.0 Å². The number of carbonyl (C=O) groups is 2. The second-order valence-electron chi connectivity index (χ2n) is 8.85. The third-order valence-electron chi connectivity index (χ3n) is 5.96. The number of anilines is 1. The van der Waals surface area contributed by atoms with E-state index in [0.29, 0.717) is 23.7 Å². The molecule has 1 saturated heterocycles. The van der Waals surface area contributed by atoms with Gasteiger partial charge >= 0.3 is 0 Å². The Morgan fingerprint density at radius 3 is 2.75 bits per heavy atom. The molecule has 2 N–H and O–H groups in total. The summed E-state index contributed by atoms with van der Waals surface area (Å²) in [4.78, 5) is 24.0. The van der Waals surface area contributed by atoms with Crippen molar-refractivity contribution in [2.24, 2.45) is 11.3 Å². The number of hydrogen-bond acceptors (Lipinski definition) is 3. The number of aromatic nitrogens is 2. The number of rotatable bonds is 4. The number of carbonyl (C=O) groups excluding carboxylic acids is 2. The van der Waals surface area contributed by atoms with Crippen molar-refractivity contribution in [1.82, 2.24) is 15.1 Å². The van der Waals surface area contributed by atoms with Gasteiger partial charge in [0.05, 0.1) is 11.6 Å². The number of nitrogens with zero attached hydrogens (tertiary/aromatic N) is 2. The SMILES string of the molecule is CC1(C)CCCC(c2cc(NC(=O)[C@@H]3CNC(=O)C3)nn2-c2ccccc2)C1. The molecule has 1 aromatic heterocycles. The highest BCUT2D eigenvalue weighted by Crippen LogP contribution is 2.44. The summed E-state index contributed by atoms with van der Waals surface area (Å²) in [5, 5.41) is 10.4. The van der Waals surface area contributed by atoms with Gasteiger partial charge in [-0.2, -0.15) is 0 Å². The molecule has 2 heterocycles. The van der Waals surface area contributed by atoms with Crippen molar-refractivity contribution < 1.29 is 9.59 Å². The Bertz CT molecular complexity index is 872. The molecule has 1 unspecified atom stereocenters. The summed E-state index contributed by atoms with van der Waals surface area (Å²) < 4.78 is 1.97. The van der Waals surface area contributed by atoms with Gasteiger partial charge in [-0.3, -0.25) is 9.59 Å². The van der Waals surface area contributed by atoms with Crippen molar-refractivity contribution in [1.29, 1.82) is 0 Å². The van der Waals surface area contributed by atoms with Crippen molar-refractivity contribution in [2.45, 2.75) is 51.9 Å². The van der Waals surface area contributed by atoms with Gasteiger partial charge in [-0.1, -0.05) is 38.5 Å². The average molecular weight is 380 g/mol. The van der Waals surface area contributed by atoms with Crippen LogP contribution in [0.5, 0.6) is 0 Å². The van der Waals surface area contributed by atoms with Gasteiger partial charge in [-0.05, 0) is 36.8 Å². The van der Waals surface area contributed by atoms with E-state index in [2.05, 4.69) is 24.5 Å². The fraction of sp³-hybridized carbons (Fsp3) is 0.500. The van der Waals surface area contributed by atoms with Crippen molar-refractivity contribution in [3.63, 3.8) is 0 Å². The third-order valence-corrected chi connectivity index (χ3v) is 5.96. The van der Waals surface area contributed by atoms with Gasteiger partial charge in [0.25, 0.3) is 0 Å². The zero-order chi connectivity index (χ0) is 19.7. The summed E-state index contributed by atoms with van der Waals surface area (Å²) in [5.41, 5.74) is 2.46. The van der Waals surface area contributed by atoms with E-state index in [1.807, 2.05) is 41.1 Å². The van der Waals surface area contributed by atoms with Crippen LogP contribution in [0.4, 0.5) is 5.82 Å². The molecule has 4 rings (SSSR count). The third kappa shape index (κ3) is 3.96. The van der Waals surface area contributed by atoms with Gasteiger partial charge in [0.15, 0.2) is 5.82 Å². The summed E-state index contributed by atoms with van der Waals surface area (Å²) in [5.74, 6) is 0.432. The molecule has 1 aromatic carbocycles. The Morgan fingerprint density at radius 2 is 2.07 bits per heavy atom. The fourth-order valence-corrected chi connectivity index (χ4v) is 4.49. The predicted molar refractivity (Wildman–Crippen MR) is 108 cm³/mol. The first kappa shape index (κ1) is 18.7. The lowest BCUT2D eigenvalue weighted by Crippen LogP contribution is -2.24. The molecule has 6 heteroatoms. The quantitative estimate of drug-likeness (QED) is 0.850. The largest absolute Gasteiger partial charge is 0.355 e. The molecule has 1 saturated carbocycles. The first-order valence-corrected chi connectivity index (χ1v) is 10.1. The van der Waals surface area contributed by atoms with E-state index in [1.54, 1.807) is 0 Å². The van der Waals surface area contributed by atoms with Crippen molar-refractivity contribution in [3.05, 3.63) is 42.1 Å². The van der Waals surface area contributed by atoms with Crippen molar-refractivity contribution >= 4 is 17.6 Å². The highest BCUT2D eigenvalue weighted by Gasteiger charge is 2.32. The van der Waals surface area contributed by atoms with E-state index >= 15 is 0 Å². The molecular weight excluding hydrogens is 352 g/mol. The summed E-state index contributed by atoms with van der Waals surface area (Å²) in [6.45, 7) is 5.05. The number of amides is 2. The van der Waals surface area contributed by atoms with Crippen molar-refractivity contribution in [3.8, 4) is 5.69 Å². The number of para-hydroxylation sites is 1. The summed E-state index contributed by atoms with van der Waals surface area (Å²) >= 11 is 0. The van der Waals surface area contributed by atoms with Gasteiger partial charge < -0.3 is 10.6 Å². The van der Waals surface area contributed by atoms with E-state index in [0.717, 1.165) is 24.2 Å². The minimum Gasteiger partial charge on any atom is -0.355 e. The van der Waals surface area contributed by atoms with Crippen LogP contribution in [0.1, 0.15) is 57.6 Å². The maximum atomic E-state index is 12.5. The molecule has 2 atom stereocenters. The van der Waals surface area contributed by atoms with Gasteiger partial charge in [0.2, 0.25) is 11.8 Å². The minimum absolute atomic E-state index is 0.0694. The lowest BCUT2D eigenvalue weighted by molar-refractivity contribution is -0.123. The molecule has 148 valence electrons. The van der Waals surface area contributed by atoms with Crippen LogP contribution in [0.3, 0.4) is 0 Å². The van der Waals surface area contributed by atoms with E-state index in [-0.39, 0.29) is 24.2 Å². The second kappa shape index (κ2) is 7.41. The van der Waals surface area contributed by atoms with Gasteiger partial charge in [-0.25, -0.2) is 4.68 Å². The van der Waals surface area contributed by atoms with E-state index in [1.165, 1.54) is 12.8 Å². The van der Waals surface area contributed by atoms with Gasteiger partial charge in [0.1, 0.15) is 0 Å². The van der Waals surface area contributed by atoms with E-state index < -0.39 is 0 Å². The molecule has 6 nitrogen and oxygen atoms in total. The predicted octanol–water partition coefficient (Wildman–Crippen LogP) is 3.63. The summed E-state index contributed by atoms with van der Waals surface area (Å²) in [7, 11) is 0. The lowest BCUT2D eigenvalue weighted by atomic mass is 9.71. The molecule has 1 aliphatic carbocycles. The second-order valence-corrected chi connectivity index (χ2v) is 8.85. The Hall–Kier alpha value is -2.63. The van der Waals surface area contributed by atoms with Crippen LogP contribution in [-0.4, -0.2) is 28.1 Å². The number of benzene rings is 1. The highest BCUT2D eigenvalue weighted by atomic mass is 16.2. The summed E-state index contributed by atoms with van der Waals surface area (Å²) in [6, 6.07) is 12.1. The zero-order valence-electron chi connectivity index (χ0n) is 16.6. The van der Waals surface area contributed by atoms with Crippen LogP contribution in [0.25, 0.3) is 5.69 Å². The molecule has 2 fully saturated rings. The molecule has 2 aromatic rings. The molecule has 0 radical (unpaired) electrons. The first-order valence-electron chi connectivity index (χ1n) is 10.1. The number of nitrogens with one attached hydrogen (secondary N) is 2. The van der Waals surface area contributed by atoms with Crippen LogP contribution in [-0.2, 0) is 9.59 Å². The van der Waals surface area contributed by atoms with Crippen LogP contribution in [0.15, 0.2) is 36.4 Å². The fourth-order valence-electron chi connectivity index (χ4n) is 4.49. The zero-order valence-corrected chi connectivity index (χ0v) is 16.6. The molecule has 2 aliphatic rings. The van der Waals surface area contributed by atoms with Gasteiger partial charge in [0, 0.05) is 30.6 Å². The lowest BCUT2D eigenvalue weighted by Gasteiger charge is -2.35. The Labute approximate surface area is 165 Å². The molecule has 0 bridgehead atoms. The van der Waals surface area contributed by atoms with E-state index in [4.69, 9.17) is 5.10 Å². The molecule has 28 heavy (non-hydrogen) atoms. The average Bonchev–Trinajstić information content (AvgIpc) is 3.28. The molecular formula is C22H28N4O2. The van der Waals surface area contributed by atoms with Gasteiger partial charge in [-0.15, -0.1) is 5.10 Å². The van der Waals surface area contributed by atoms with E-state index in [9.17, 15) is 9.59 Å². The Morgan fingerprint density at radius 1 is 1.29 bits per heavy atom. The monoisotopic (exact) mass is 380 g/mol. The molecule has 0 spiro atoms. The van der Waals surface area contributed by atoms with Crippen LogP contribution in [0, 0.1) is 11.3 Å². The Balaban J connectivity index is 1.62. The summed E-state index contributed by atoms with van der Waals surface area (Å²) in [6.07, 6.45) is 4.94. The smallest absolute Gasteiger partial charge is 0.230 e. The molecule has 2 amide bonds. The highest BCUT2D eigenvalue weighted by molar-refractivity contribution is 5.96. The standard InChI is InChI=1S/C22H28N4O2/c1-22(2)10-6-7-15(13-22)18-12-19(24-21(28)16-11-20(27)23-14-16)25-26(18)17-8-4-3-5-9-17/h3-5,8-9,12,15-16H,6-7,10-11,13-14H2,1-2H3,(H,23,27)(H,24,25,28)/t15?,16-/m0/s1. The number of hydrogen-bond donors (Lipinski definition) is 2. The van der Waals surface area contributed by atoms with Crippen LogP contribution >= 0.6 is 0 Å². The maximum absolute atomic E-state index is 12.5. The first-order chi connectivity index (χ1) is 13.4. The Kier molecular flexibility index (Phi) is 4.96. The normalized spacial score (nSPS) is 24.0. The van der Waals surface area contributed by atoms with Crippen molar-refractivity contribution in [2.75, 3.05) is 11.9 Å².